The lowest BCUT2D eigenvalue weighted by molar-refractivity contribution is -0.130. The number of aromatic amines is 2. The quantitative estimate of drug-likeness (QED) is 0.792. The first-order valence-corrected chi connectivity index (χ1v) is 8.18. The predicted molar refractivity (Wildman–Crippen MR) is 94.8 cm³/mol. The molecule has 2 aromatic rings. The highest BCUT2D eigenvalue weighted by Crippen LogP contribution is 2.14. The van der Waals surface area contributed by atoms with Crippen molar-refractivity contribution >= 4 is 5.91 Å². The molecule has 0 atom stereocenters. The summed E-state index contributed by atoms with van der Waals surface area (Å²) in [5.41, 5.74) is 0.948. The van der Waals surface area contributed by atoms with E-state index in [9.17, 15) is 14.4 Å². The third kappa shape index (κ3) is 5.07. The van der Waals surface area contributed by atoms with E-state index in [2.05, 4.69) is 9.97 Å². The van der Waals surface area contributed by atoms with E-state index in [0.29, 0.717) is 24.4 Å². The Hall–Kier alpha value is -2.83. The van der Waals surface area contributed by atoms with Crippen LogP contribution in [0.5, 0.6) is 5.75 Å². The van der Waals surface area contributed by atoms with Crippen LogP contribution in [0.15, 0.2) is 33.9 Å². The minimum atomic E-state index is -0.537. The van der Waals surface area contributed by atoms with Crippen LogP contribution in [0, 0.1) is 6.92 Å². The van der Waals surface area contributed by atoms with Gasteiger partial charge in [-0.05, 0) is 38.0 Å². The van der Waals surface area contributed by atoms with E-state index < -0.39 is 11.2 Å². The summed E-state index contributed by atoms with van der Waals surface area (Å²) in [4.78, 5) is 41.6. The lowest BCUT2D eigenvalue weighted by atomic mass is 10.1. The molecule has 0 saturated heterocycles. The molecule has 134 valence electrons. The van der Waals surface area contributed by atoms with Crippen LogP contribution in [-0.2, 0) is 17.8 Å². The van der Waals surface area contributed by atoms with Gasteiger partial charge in [0.25, 0.3) is 5.56 Å². The summed E-state index contributed by atoms with van der Waals surface area (Å²) < 4.78 is 5.39. The van der Waals surface area contributed by atoms with Crippen molar-refractivity contribution in [3.8, 4) is 5.75 Å². The number of nitrogens with zero attached hydrogens (tertiary/aromatic N) is 1. The van der Waals surface area contributed by atoms with Gasteiger partial charge in [0.1, 0.15) is 5.75 Å². The van der Waals surface area contributed by atoms with Gasteiger partial charge in [-0.15, -0.1) is 0 Å². The Morgan fingerprint density at radius 3 is 2.44 bits per heavy atom. The summed E-state index contributed by atoms with van der Waals surface area (Å²) in [6.45, 7) is 4.67. The van der Waals surface area contributed by atoms with Gasteiger partial charge in [-0.3, -0.25) is 14.6 Å². The summed E-state index contributed by atoms with van der Waals surface area (Å²) >= 11 is 0. The van der Waals surface area contributed by atoms with Crippen LogP contribution in [-0.4, -0.2) is 34.4 Å². The molecular formula is C18H23N3O4. The Bertz CT molecular complexity index is 837. The number of H-pyrrole nitrogens is 2. The number of nitrogens with one attached hydrogen (secondary N) is 2. The van der Waals surface area contributed by atoms with Crippen molar-refractivity contribution in [2.24, 2.45) is 0 Å². The third-order valence-electron chi connectivity index (χ3n) is 3.92. The summed E-state index contributed by atoms with van der Waals surface area (Å²) in [7, 11) is 1.72. The smallest absolute Gasteiger partial charge is 0.325 e. The van der Waals surface area contributed by atoms with Crippen LogP contribution in [0.4, 0.5) is 0 Å². The Morgan fingerprint density at radius 1 is 1.16 bits per heavy atom. The van der Waals surface area contributed by atoms with Gasteiger partial charge in [-0.25, -0.2) is 4.79 Å². The zero-order valence-corrected chi connectivity index (χ0v) is 14.7. The number of carbonyl (C=O) groups is 1. The minimum Gasteiger partial charge on any atom is -0.494 e. The molecule has 2 N–H and O–H groups in total. The van der Waals surface area contributed by atoms with Crippen LogP contribution in [0.3, 0.4) is 0 Å². The number of ether oxygens (including phenoxy) is 1. The molecule has 2 rings (SSSR count). The first kappa shape index (κ1) is 18.5. The van der Waals surface area contributed by atoms with Gasteiger partial charge < -0.3 is 14.6 Å². The first-order valence-electron chi connectivity index (χ1n) is 8.18. The molecule has 0 bridgehead atoms. The average Bonchev–Trinajstić information content (AvgIpc) is 2.55. The maximum Gasteiger partial charge on any atom is 0.325 e. The number of benzene rings is 1. The normalized spacial score (nSPS) is 10.5. The maximum atomic E-state index is 12.3. The standard InChI is InChI=1S/C18H23N3O4/c1-4-25-14-7-5-13(6-8-14)11-21(3)16(22)10-9-15-12(2)19-18(24)20-17(15)23/h5-8H,4,9-11H2,1-3H3,(H2,19,20,23,24). The molecule has 1 aromatic heterocycles. The summed E-state index contributed by atoms with van der Waals surface area (Å²) in [5.74, 6) is 0.729. The maximum absolute atomic E-state index is 12.3. The SMILES string of the molecule is CCOc1ccc(CN(C)C(=O)CCc2c(C)[nH]c(=O)[nH]c2=O)cc1. The molecule has 0 saturated carbocycles. The largest absolute Gasteiger partial charge is 0.494 e. The number of amides is 1. The highest BCUT2D eigenvalue weighted by Gasteiger charge is 2.13. The van der Waals surface area contributed by atoms with Crippen molar-refractivity contribution in [1.29, 1.82) is 0 Å². The number of carbonyl (C=O) groups excluding carboxylic acids is 1. The highest BCUT2D eigenvalue weighted by atomic mass is 16.5. The second kappa shape index (κ2) is 8.32. The Labute approximate surface area is 145 Å². The van der Waals surface area contributed by atoms with Gasteiger partial charge in [-0.2, -0.15) is 0 Å². The number of hydrogen-bond acceptors (Lipinski definition) is 4. The van der Waals surface area contributed by atoms with Gasteiger partial charge in [0.05, 0.1) is 6.61 Å². The zero-order valence-electron chi connectivity index (χ0n) is 14.7. The fourth-order valence-electron chi connectivity index (χ4n) is 2.57. The van der Waals surface area contributed by atoms with Crippen LogP contribution < -0.4 is 16.0 Å². The molecule has 0 fully saturated rings. The number of rotatable bonds is 7. The van der Waals surface area contributed by atoms with Gasteiger partial charge in [0.2, 0.25) is 5.91 Å². The number of hydrogen-bond donors (Lipinski definition) is 2. The molecule has 7 heteroatoms. The van der Waals surface area contributed by atoms with Crippen LogP contribution in [0.1, 0.15) is 30.2 Å². The molecule has 0 unspecified atom stereocenters. The molecular weight excluding hydrogens is 322 g/mol. The number of aromatic nitrogens is 2. The second-order valence-corrected chi connectivity index (χ2v) is 5.84. The van der Waals surface area contributed by atoms with Crippen LogP contribution in [0.2, 0.25) is 0 Å². The van der Waals surface area contributed by atoms with Gasteiger partial charge in [0.15, 0.2) is 0 Å². The van der Waals surface area contributed by atoms with Crippen LogP contribution in [0.25, 0.3) is 0 Å². The average molecular weight is 345 g/mol. The van der Waals surface area contributed by atoms with Crippen molar-refractivity contribution in [2.45, 2.75) is 33.2 Å². The fourth-order valence-corrected chi connectivity index (χ4v) is 2.57. The Balaban J connectivity index is 1.94. The molecule has 0 radical (unpaired) electrons. The Morgan fingerprint density at radius 2 is 1.84 bits per heavy atom. The van der Waals surface area contributed by atoms with Gasteiger partial charge >= 0.3 is 5.69 Å². The zero-order chi connectivity index (χ0) is 18.4. The summed E-state index contributed by atoms with van der Waals surface area (Å²) in [6, 6.07) is 7.60. The van der Waals surface area contributed by atoms with E-state index >= 15 is 0 Å². The molecule has 25 heavy (non-hydrogen) atoms. The number of aryl methyl sites for hydroxylation is 1. The molecule has 0 aliphatic carbocycles. The molecule has 7 nitrogen and oxygen atoms in total. The molecule has 0 aliphatic rings. The van der Waals surface area contributed by atoms with E-state index in [1.54, 1.807) is 18.9 Å². The lowest BCUT2D eigenvalue weighted by Gasteiger charge is -2.17. The first-order chi connectivity index (χ1) is 11.9. The van der Waals surface area contributed by atoms with Gasteiger partial charge in [-0.1, -0.05) is 12.1 Å². The van der Waals surface area contributed by atoms with Crippen molar-refractivity contribution < 1.29 is 9.53 Å². The van der Waals surface area contributed by atoms with E-state index in [1.807, 2.05) is 31.2 Å². The molecule has 1 amide bonds. The topological polar surface area (TPSA) is 95.3 Å². The van der Waals surface area contributed by atoms with E-state index in [1.165, 1.54) is 0 Å². The summed E-state index contributed by atoms with van der Waals surface area (Å²) in [6.07, 6.45) is 0.480. The van der Waals surface area contributed by atoms with E-state index in [0.717, 1.165) is 11.3 Å². The molecule has 0 spiro atoms. The van der Waals surface area contributed by atoms with Crippen LogP contribution >= 0.6 is 0 Å². The molecule has 0 aliphatic heterocycles. The fraction of sp³-hybridized carbons (Fsp3) is 0.389. The summed E-state index contributed by atoms with van der Waals surface area (Å²) in [5, 5.41) is 0. The van der Waals surface area contributed by atoms with Crippen molar-refractivity contribution in [1.82, 2.24) is 14.9 Å². The highest BCUT2D eigenvalue weighted by molar-refractivity contribution is 5.76. The second-order valence-electron chi connectivity index (χ2n) is 5.84. The van der Waals surface area contributed by atoms with Crippen molar-refractivity contribution in [3.63, 3.8) is 0 Å². The van der Waals surface area contributed by atoms with Gasteiger partial charge in [0, 0.05) is 31.3 Å². The van der Waals surface area contributed by atoms with Crippen molar-refractivity contribution in [3.05, 3.63) is 61.9 Å². The minimum absolute atomic E-state index is 0.0705. The van der Waals surface area contributed by atoms with E-state index in [-0.39, 0.29) is 18.7 Å². The van der Waals surface area contributed by atoms with Crippen molar-refractivity contribution in [2.75, 3.05) is 13.7 Å². The predicted octanol–water partition coefficient (Wildman–Crippen LogP) is 1.36. The molecule has 1 aromatic carbocycles. The third-order valence-corrected chi connectivity index (χ3v) is 3.92. The Kier molecular flexibility index (Phi) is 6.16. The molecule has 1 heterocycles. The lowest BCUT2D eigenvalue weighted by Crippen LogP contribution is -2.30. The monoisotopic (exact) mass is 345 g/mol. The van der Waals surface area contributed by atoms with E-state index in [4.69, 9.17) is 4.74 Å².